The molecule has 0 bridgehead atoms. The zero-order valence-electron chi connectivity index (χ0n) is 14.4. The molecular weight excluding hydrogens is 293 g/mol. The van der Waals surface area contributed by atoms with Crippen molar-refractivity contribution in [3.8, 4) is 11.5 Å². The van der Waals surface area contributed by atoms with Gasteiger partial charge in [-0.2, -0.15) is 0 Å². The Balaban J connectivity index is 2.39. The third-order valence-corrected chi connectivity index (χ3v) is 4.17. The second-order valence-corrected chi connectivity index (χ2v) is 6.24. The minimum atomic E-state index is -0.549. The number of nitrogens with zero attached hydrogens (tertiary/aromatic N) is 1. The summed E-state index contributed by atoms with van der Waals surface area (Å²) >= 11 is 0. The molecule has 0 N–H and O–H groups in total. The maximum absolute atomic E-state index is 12.0. The van der Waals surface area contributed by atoms with E-state index in [1.165, 1.54) is 0 Å². The summed E-state index contributed by atoms with van der Waals surface area (Å²) in [5.74, 6) is 1.24. The van der Waals surface area contributed by atoms with Gasteiger partial charge in [0.2, 0.25) is 7.85 Å². The average Bonchev–Trinajstić information content (AvgIpc) is 2.82. The van der Waals surface area contributed by atoms with Gasteiger partial charge in [0.25, 0.3) is 0 Å². The fourth-order valence-corrected chi connectivity index (χ4v) is 3.07. The number of hydrogen-bond donors (Lipinski definition) is 0. The number of methoxy groups -OCH3 is 2. The zero-order chi connectivity index (χ0) is 17.1. The molecule has 2 unspecified atom stereocenters. The van der Waals surface area contributed by atoms with Crippen LogP contribution in [0.4, 0.5) is 4.79 Å². The summed E-state index contributed by atoms with van der Waals surface area (Å²) in [6, 6.07) is 5.39. The zero-order valence-corrected chi connectivity index (χ0v) is 14.4. The van der Waals surface area contributed by atoms with E-state index in [9.17, 15) is 4.79 Å². The van der Waals surface area contributed by atoms with Crippen molar-refractivity contribution in [3.63, 3.8) is 0 Å². The number of carbonyl (C=O) groups excluding carboxylic acids is 1. The van der Waals surface area contributed by atoms with Crippen LogP contribution in [0.25, 0.3) is 0 Å². The highest BCUT2D eigenvalue weighted by Gasteiger charge is 2.42. The van der Waals surface area contributed by atoms with Crippen LogP contribution in [0.15, 0.2) is 18.2 Å². The normalized spacial score (nSPS) is 24.1. The molecule has 0 saturated carbocycles. The second kappa shape index (κ2) is 7.26. The van der Waals surface area contributed by atoms with Crippen LogP contribution < -0.4 is 9.47 Å². The number of benzene rings is 1. The van der Waals surface area contributed by atoms with Crippen LogP contribution >= 0.6 is 0 Å². The summed E-state index contributed by atoms with van der Waals surface area (Å²) in [6.07, 6.45) is 0.188. The molecule has 124 valence electrons. The highest BCUT2D eigenvalue weighted by Crippen LogP contribution is 2.41. The van der Waals surface area contributed by atoms with Crippen LogP contribution in [0.1, 0.15) is 39.0 Å². The Kier molecular flexibility index (Phi) is 5.57. The molecule has 1 amide bonds. The van der Waals surface area contributed by atoms with Gasteiger partial charge in [0.1, 0.15) is 11.5 Å². The monoisotopic (exact) mass is 317 g/mol. The molecule has 0 aromatic heterocycles. The molecule has 1 aliphatic heterocycles. The van der Waals surface area contributed by atoms with Gasteiger partial charge >= 0.3 is 0 Å². The Morgan fingerprint density at radius 3 is 2.57 bits per heavy atom. The van der Waals surface area contributed by atoms with Crippen molar-refractivity contribution < 1.29 is 19.0 Å². The van der Waals surface area contributed by atoms with E-state index in [0.717, 1.165) is 12.0 Å². The summed E-state index contributed by atoms with van der Waals surface area (Å²) < 4.78 is 16.7. The van der Waals surface area contributed by atoms with E-state index in [1.54, 1.807) is 25.2 Å². The van der Waals surface area contributed by atoms with Crippen LogP contribution in [0.2, 0.25) is 0 Å². The SMILES string of the molecule is [B]C(=O)N1C(c2ccc(OC)cc2OC)O[C@@H](C)C1CC(C)C. The summed E-state index contributed by atoms with van der Waals surface area (Å²) in [6.45, 7) is 6.21. The van der Waals surface area contributed by atoms with E-state index in [0.29, 0.717) is 17.4 Å². The minimum Gasteiger partial charge on any atom is -0.497 e. The first-order chi connectivity index (χ1) is 10.9. The topological polar surface area (TPSA) is 48.0 Å². The van der Waals surface area contributed by atoms with Crippen LogP contribution in [0, 0.1) is 5.92 Å². The summed E-state index contributed by atoms with van der Waals surface area (Å²) in [5.41, 5.74) is 0.769. The lowest BCUT2D eigenvalue weighted by atomic mass is 9.96. The molecule has 1 fully saturated rings. The smallest absolute Gasteiger partial charge is 0.200 e. The molecule has 5 nitrogen and oxygen atoms in total. The van der Waals surface area contributed by atoms with E-state index in [-0.39, 0.29) is 12.1 Å². The fraction of sp³-hybridized carbons (Fsp3) is 0.588. The lowest BCUT2D eigenvalue weighted by Crippen LogP contribution is -2.40. The van der Waals surface area contributed by atoms with Crippen molar-refractivity contribution in [3.05, 3.63) is 23.8 Å². The lowest BCUT2D eigenvalue weighted by Gasteiger charge is -2.30. The van der Waals surface area contributed by atoms with Gasteiger partial charge in [-0.3, -0.25) is 4.79 Å². The molecule has 23 heavy (non-hydrogen) atoms. The predicted molar refractivity (Wildman–Crippen MR) is 89.1 cm³/mol. The van der Waals surface area contributed by atoms with Crippen LogP contribution in [-0.2, 0) is 4.74 Å². The van der Waals surface area contributed by atoms with Crippen molar-refractivity contribution in [1.29, 1.82) is 0 Å². The van der Waals surface area contributed by atoms with Gasteiger partial charge in [0.15, 0.2) is 12.0 Å². The van der Waals surface area contributed by atoms with Gasteiger partial charge in [0.05, 0.1) is 26.4 Å². The Morgan fingerprint density at radius 1 is 1.35 bits per heavy atom. The van der Waals surface area contributed by atoms with E-state index >= 15 is 0 Å². The molecule has 1 aromatic carbocycles. The van der Waals surface area contributed by atoms with E-state index in [2.05, 4.69) is 13.8 Å². The highest BCUT2D eigenvalue weighted by molar-refractivity contribution is 6.57. The standard InChI is InChI=1S/C17H24BNO4/c1-10(2)8-14-11(3)23-16(19(14)17(18)20)13-7-6-12(21-4)9-15(13)22-5/h6-7,9-11,14,16H,8H2,1-5H3/t11-,14?,16?/m0/s1. The van der Waals surface area contributed by atoms with Gasteiger partial charge in [0, 0.05) is 11.6 Å². The molecule has 1 aromatic rings. The van der Waals surface area contributed by atoms with Gasteiger partial charge in [-0.25, -0.2) is 0 Å². The first-order valence-corrected chi connectivity index (χ1v) is 7.84. The molecule has 1 saturated heterocycles. The van der Waals surface area contributed by atoms with Gasteiger partial charge in [-0.1, -0.05) is 13.8 Å². The maximum Gasteiger partial charge on any atom is 0.200 e. The molecule has 6 heteroatoms. The first-order valence-electron chi connectivity index (χ1n) is 7.84. The third kappa shape index (κ3) is 3.63. The second-order valence-electron chi connectivity index (χ2n) is 6.24. The largest absolute Gasteiger partial charge is 0.497 e. The Hall–Kier alpha value is -1.69. The van der Waals surface area contributed by atoms with Crippen molar-refractivity contribution in [1.82, 2.24) is 4.90 Å². The number of amides is 1. The molecule has 2 radical (unpaired) electrons. The maximum atomic E-state index is 12.0. The van der Waals surface area contributed by atoms with Gasteiger partial charge in [-0.05, 0) is 31.4 Å². The van der Waals surface area contributed by atoms with Crippen molar-refractivity contribution in [2.24, 2.45) is 5.92 Å². The highest BCUT2D eigenvalue weighted by atomic mass is 16.5. The number of hydrogen-bond acceptors (Lipinski definition) is 4. The molecule has 1 heterocycles. The molecule has 3 atom stereocenters. The van der Waals surface area contributed by atoms with Gasteiger partial charge in [-0.15, -0.1) is 0 Å². The summed E-state index contributed by atoms with van der Waals surface area (Å²) in [5, 5.41) is 0. The first kappa shape index (κ1) is 17.7. The summed E-state index contributed by atoms with van der Waals surface area (Å²) in [4.78, 5) is 13.7. The number of ether oxygens (including phenoxy) is 3. The van der Waals surface area contributed by atoms with E-state index in [4.69, 9.17) is 22.1 Å². The average molecular weight is 317 g/mol. The number of carbonyl (C=O) groups is 1. The minimum absolute atomic E-state index is 0.0516. The number of rotatable bonds is 5. The fourth-order valence-electron chi connectivity index (χ4n) is 3.07. The Labute approximate surface area is 139 Å². The molecule has 0 aliphatic carbocycles. The van der Waals surface area contributed by atoms with Crippen LogP contribution in [0.5, 0.6) is 11.5 Å². The predicted octanol–water partition coefficient (Wildman–Crippen LogP) is 3.13. The van der Waals surface area contributed by atoms with Crippen molar-refractivity contribution in [2.75, 3.05) is 14.2 Å². The quantitative estimate of drug-likeness (QED) is 0.783. The van der Waals surface area contributed by atoms with E-state index < -0.39 is 12.0 Å². The molecule has 1 aliphatic rings. The molecular formula is C17H24BNO4. The van der Waals surface area contributed by atoms with Crippen molar-refractivity contribution in [2.45, 2.75) is 45.6 Å². The van der Waals surface area contributed by atoms with E-state index in [1.807, 2.05) is 19.1 Å². The van der Waals surface area contributed by atoms with Crippen LogP contribution in [-0.4, -0.2) is 44.9 Å². The molecule has 2 rings (SSSR count). The van der Waals surface area contributed by atoms with Crippen molar-refractivity contribution >= 4 is 13.7 Å². The van der Waals surface area contributed by atoms with Crippen LogP contribution in [0.3, 0.4) is 0 Å². The lowest BCUT2D eigenvalue weighted by molar-refractivity contribution is 0.0189. The molecule has 0 spiro atoms. The Bertz CT molecular complexity index is 564. The summed E-state index contributed by atoms with van der Waals surface area (Å²) in [7, 11) is 8.82. The third-order valence-electron chi connectivity index (χ3n) is 4.17. The van der Waals surface area contributed by atoms with Gasteiger partial charge < -0.3 is 19.1 Å². The Morgan fingerprint density at radius 2 is 2.04 bits per heavy atom.